The monoisotopic (exact) mass is 268 g/mol. The zero-order chi connectivity index (χ0) is 14.1. The third kappa shape index (κ3) is 6.27. The molecule has 19 heavy (non-hydrogen) atoms. The first-order valence-electron chi connectivity index (χ1n) is 7.00. The Morgan fingerprint density at radius 3 is 2.58 bits per heavy atom. The van der Waals surface area contributed by atoms with Gasteiger partial charge in [-0.1, -0.05) is 6.08 Å². The molecule has 1 saturated carbocycles. The molecule has 2 amide bonds. The van der Waals surface area contributed by atoms with Crippen LogP contribution in [0.1, 0.15) is 45.4 Å². The van der Waals surface area contributed by atoms with E-state index in [9.17, 15) is 9.59 Å². The van der Waals surface area contributed by atoms with Gasteiger partial charge in [-0.15, -0.1) is 6.58 Å². The highest BCUT2D eigenvalue weighted by molar-refractivity contribution is 5.74. The smallest absolute Gasteiger partial charge is 0.314 e. The van der Waals surface area contributed by atoms with E-state index in [1.165, 1.54) is 0 Å². The Hall–Kier alpha value is -1.52. The molecule has 0 aliphatic heterocycles. The van der Waals surface area contributed by atoms with Crippen molar-refractivity contribution >= 4 is 12.0 Å². The summed E-state index contributed by atoms with van der Waals surface area (Å²) < 4.78 is 5.38. The number of carbonyl (C=O) groups is 2. The highest BCUT2D eigenvalue weighted by Gasteiger charge is 2.24. The Balaban J connectivity index is 2.19. The van der Waals surface area contributed by atoms with E-state index < -0.39 is 0 Å². The molecule has 0 radical (unpaired) electrons. The topological polar surface area (TPSA) is 67.4 Å². The number of carbonyl (C=O) groups excluding carboxylic acids is 2. The van der Waals surface area contributed by atoms with Crippen LogP contribution < -0.4 is 10.6 Å². The fourth-order valence-electron chi connectivity index (χ4n) is 2.19. The second-order valence-electron chi connectivity index (χ2n) is 4.79. The number of ether oxygens (including phenoxy) is 1. The lowest BCUT2D eigenvalue weighted by molar-refractivity contribution is -0.150. The van der Waals surface area contributed by atoms with E-state index in [-0.39, 0.29) is 24.1 Å². The van der Waals surface area contributed by atoms with Gasteiger partial charge in [0.05, 0.1) is 0 Å². The van der Waals surface area contributed by atoms with Gasteiger partial charge in [0.25, 0.3) is 0 Å². The Morgan fingerprint density at radius 2 is 2.00 bits per heavy atom. The van der Waals surface area contributed by atoms with Gasteiger partial charge in [0.2, 0.25) is 0 Å². The average Bonchev–Trinajstić information content (AvgIpc) is 2.39. The fraction of sp³-hybridized carbons (Fsp3) is 0.714. The van der Waals surface area contributed by atoms with Crippen molar-refractivity contribution in [3.05, 3.63) is 12.7 Å². The molecule has 1 rings (SSSR count). The lowest BCUT2D eigenvalue weighted by Crippen LogP contribution is -2.44. The molecule has 0 heterocycles. The molecule has 5 nitrogen and oxygen atoms in total. The van der Waals surface area contributed by atoms with Crippen LogP contribution in [0.5, 0.6) is 0 Å². The Morgan fingerprint density at radius 1 is 1.32 bits per heavy atom. The summed E-state index contributed by atoms with van der Waals surface area (Å²) in [4.78, 5) is 22.8. The third-order valence-corrected chi connectivity index (χ3v) is 3.20. The normalized spacial score (nSPS) is 22.4. The van der Waals surface area contributed by atoms with Crippen LogP contribution in [-0.4, -0.2) is 30.7 Å². The standard InChI is InChI=1S/C14H24N2O3/c1-3-5-6-13(17)19-12-9-7-11(8-10-12)16-14(18)15-4-2/h3,11-12H,1,4-10H2,2H3,(H2,15,16,18). The van der Waals surface area contributed by atoms with Crippen LogP contribution in [0, 0.1) is 0 Å². The maximum atomic E-state index is 11.5. The number of amides is 2. The number of hydrogen-bond acceptors (Lipinski definition) is 3. The molecule has 0 saturated heterocycles. The minimum Gasteiger partial charge on any atom is -0.462 e. The summed E-state index contributed by atoms with van der Waals surface area (Å²) in [5.41, 5.74) is 0. The van der Waals surface area contributed by atoms with Gasteiger partial charge in [-0.25, -0.2) is 4.79 Å². The first kappa shape index (κ1) is 15.5. The molecule has 2 N–H and O–H groups in total. The predicted molar refractivity (Wildman–Crippen MR) is 73.8 cm³/mol. The van der Waals surface area contributed by atoms with E-state index in [1.54, 1.807) is 6.08 Å². The number of esters is 1. The minimum absolute atomic E-state index is 0.00426. The molecule has 0 aromatic rings. The van der Waals surface area contributed by atoms with Gasteiger partial charge >= 0.3 is 12.0 Å². The van der Waals surface area contributed by atoms with Gasteiger partial charge in [-0.05, 0) is 39.0 Å². The van der Waals surface area contributed by atoms with Crippen molar-refractivity contribution in [2.45, 2.75) is 57.6 Å². The Kier molecular flexibility index (Phi) is 7.00. The van der Waals surface area contributed by atoms with Crippen molar-refractivity contribution in [1.29, 1.82) is 0 Å². The maximum Gasteiger partial charge on any atom is 0.314 e. The van der Waals surface area contributed by atoms with Crippen LogP contribution in [0.15, 0.2) is 12.7 Å². The molecule has 0 spiro atoms. The van der Waals surface area contributed by atoms with Crippen molar-refractivity contribution in [1.82, 2.24) is 10.6 Å². The van der Waals surface area contributed by atoms with E-state index in [0.717, 1.165) is 25.7 Å². The van der Waals surface area contributed by atoms with E-state index in [2.05, 4.69) is 17.2 Å². The molecule has 0 unspecified atom stereocenters. The SMILES string of the molecule is C=CCCC(=O)OC1CCC(NC(=O)NCC)CC1. The van der Waals surface area contributed by atoms with Gasteiger partial charge in [-0.3, -0.25) is 4.79 Å². The lowest BCUT2D eigenvalue weighted by Gasteiger charge is -2.28. The lowest BCUT2D eigenvalue weighted by atomic mass is 9.93. The summed E-state index contributed by atoms with van der Waals surface area (Å²) in [6, 6.07) is 0.0728. The van der Waals surface area contributed by atoms with Gasteiger partial charge in [0, 0.05) is 19.0 Å². The van der Waals surface area contributed by atoms with Gasteiger partial charge < -0.3 is 15.4 Å². The van der Waals surface area contributed by atoms with Crippen LogP contribution in [0.25, 0.3) is 0 Å². The molecular weight excluding hydrogens is 244 g/mol. The molecule has 0 bridgehead atoms. The second-order valence-corrected chi connectivity index (χ2v) is 4.79. The Bertz CT molecular complexity index is 310. The molecule has 5 heteroatoms. The summed E-state index contributed by atoms with van der Waals surface area (Å²) in [5, 5.41) is 5.64. The number of rotatable bonds is 6. The molecule has 1 fully saturated rings. The maximum absolute atomic E-state index is 11.5. The van der Waals surface area contributed by atoms with Crippen molar-refractivity contribution in [3.63, 3.8) is 0 Å². The summed E-state index contributed by atoms with van der Waals surface area (Å²) in [5.74, 6) is -0.153. The Labute approximate surface area is 114 Å². The van der Waals surface area contributed by atoms with Crippen LogP contribution in [0.3, 0.4) is 0 Å². The highest BCUT2D eigenvalue weighted by Crippen LogP contribution is 2.21. The van der Waals surface area contributed by atoms with E-state index in [4.69, 9.17) is 4.74 Å². The largest absolute Gasteiger partial charge is 0.462 e. The van der Waals surface area contributed by atoms with E-state index in [0.29, 0.717) is 19.4 Å². The van der Waals surface area contributed by atoms with Crippen molar-refractivity contribution < 1.29 is 14.3 Å². The van der Waals surface area contributed by atoms with Gasteiger partial charge in [0.15, 0.2) is 0 Å². The number of urea groups is 1. The van der Waals surface area contributed by atoms with Crippen molar-refractivity contribution in [3.8, 4) is 0 Å². The number of hydrogen-bond donors (Lipinski definition) is 2. The fourth-order valence-corrected chi connectivity index (χ4v) is 2.19. The molecule has 0 aromatic carbocycles. The first-order chi connectivity index (χ1) is 9.15. The quantitative estimate of drug-likeness (QED) is 0.573. The molecule has 1 aliphatic carbocycles. The molecule has 0 atom stereocenters. The van der Waals surface area contributed by atoms with Crippen LogP contribution in [0.4, 0.5) is 4.79 Å². The summed E-state index contributed by atoms with van der Waals surface area (Å²) in [7, 11) is 0. The zero-order valence-corrected chi connectivity index (χ0v) is 11.6. The minimum atomic E-state index is -0.153. The molecule has 1 aliphatic rings. The predicted octanol–water partition coefficient (Wildman–Crippen LogP) is 2.13. The van der Waals surface area contributed by atoms with E-state index in [1.807, 2.05) is 6.92 Å². The van der Waals surface area contributed by atoms with Crippen molar-refractivity contribution in [2.24, 2.45) is 0 Å². The summed E-state index contributed by atoms with van der Waals surface area (Å²) in [6.45, 7) is 6.09. The average molecular weight is 268 g/mol. The summed E-state index contributed by atoms with van der Waals surface area (Å²) in [6.07, 6.45) is 6.13. The second kappa shape index (κ2) is 8.56. The van der Waals surface area contributed by atoms with E-state index >= 15 is 0 Å². The number of nitrogens with one attached hydrogen (secondary N) is 2. The zero-order valence-electron chi connectivity index (χ0n) is 11.6. The molecule has 108 valence electrons. The van der Waals surface area contributed by atoms with Crippen LogP contribution >= 0.6 is 0 Å². The van der Waals surface area contributed by atoms with Gasteiger partial charge in [-0.2, -0.15) is 0 Å². The molecular formula is C14H24N2O3. The third-order valence-electron chi connectivity index (χ3n) is 3.20. The summed E-state index contributed by atoms with van der Waals surface area (Å²) >= 11 is 0. The molecule has 0 aromatic heterocycles. The van der Waals surface area contributed by atoms with Crippen LogP contribution in [0.2, 0.25) is 0 Å². The van der Waals surface area contributed by atoms with Gasteiger partial charge in [0.1, 0.15) is 6.10 Å². The number of allylic oxidation sites excluding steroid dienone is 1. The van der Waals surface area contributed by atoms with Crippen LogP contribution in [-0.2, 0) is 9.53 Å². The highest BCUT2D eigenvalue weighted by atomic mass is 16.5. The first-order valence-corrected chi connectivity index (χ1v) is 7.00. The van der Waals surface area contributed by atoms with Crippen molar-refractivity contribution in [2.75, 3.05) is 6.54 Å².